The standard InChI is InChI=1S/C34H45N5O3/c1-22-15-23(2)31(33(40)16-22)20-37-34(41)30-17-26(18-32(24(30)3)38(4)29-9-6-27(35)7-10-29)25-5-8-28(36-19-25)21-39-11-13-42-14-12-39/h5,8,15-19,27,29,31H,6-7,9-14,20-21,35H2,1-4H3,(H,37,41). The number of aromatic nitrogens is 1. The Morgan fingerprint density at radius 1 is 1.07 bits per heavy atom. The van der Waals surface area contributed by atoms with E-state index in [9.17, 15) is 9.59 Å². The zero-order valence-electron chi connectivity index (χ0n) is 25.5. The number of pyridine rings is 1. The molecule has 1 saturated carbocycles. The Morgan fingerprint density at radius 2 is 1.81 bits per heavy atom. The van der Waals surface area contributed by atoms with Crippen LogP contribution in [-0.4, -0.2) is 73.6 Å². The van der Waals surface area contributed by atoms with Gasteiger partial charge in [0.05, 0.1) is 24.8 Å². The molecule has 1 aliphatic heterocycles. The van der Waals surface area contributed by atoms with Crippen molar-refractivity contribution in [1.29, 1.82) is 0 Å². The lowest BCUT2D eigenvalue weighted by molar-refractivity contribution is -0.117. The summed E-state index contributed by atoms with van der Waals surface area (Å²) in [5, 5.41) is 3.07. The fourth-order valence-electron chi connectivity index (χ4n) is 6.43. The third kappa shape index (κ3) is 7.00. The lowest BCUT2D eigenvalue weighted by Gasteiger charge is -2.36. The van der Waals surface area contributed by atoms with Crippen LogP contribution in [0, 0.1) is 12.8 Å². The molecule has 0 spiro atoms. The molecule has 1 amide bonds. The number of ketones is 1. The van der Waals surface area contributed by atoms with Crippen LogP contribution in [0.2, 0.25) is 0 Å². The van der Waals surface area contributed by atoms with Gasteiger partial charge in [0.1, 0.15) is 0 Å². The Balaban J connectivity index is 1.41. The number of allylic oxidation sites excluding steroid dienone is 3. The van der Waals surface area contributed by atoms with Gasteiger partial charge in [0, 0.05) is 68.3 Å². The molecule has 8 nitrogen and oxygen atoms in total. The summed E-state index contributed by atoms with van der Waals surface area (Å²) in [4.78, 5) is 35.8. The molecule has 2 aliphatic carbocycles. The summed E-state index contributed by atoms with van der Waals surface area (Å²) in [6, 6.07) is 8.96. The zero-order chi connectivity index (χ0) is 29.8. The summed E-state index contributed by atoms with van der Waals surface area (Å²) >= 11 is 0. The zero-order valence-corrected chi connectivity index (χ0v) is 25.5. The van der Waals surface area contributed by atoms with Crippen molar-refractivity contribution in [3.63, 3.8) is 0 Å². The molecular formula is C34H45N5O3. The summed E-state index contributed by atoms with van der Waals surface area (Å²) in [5.41, 5.74) is 13.7. The highest BCUT2D eigenvalue weighted by atomic mass is 16.5. The Kier molecular flexibility index (Phi) is 9.56. The first-order valence-corrected chi connectivity index (χ1v) is 15.3. The average molecular weight is 572 g/mol. The molecule has 0 bridgehead atoms. The molecule has 1 aromatic heterocycles. The van der Waals surface area contributed by atoms with Crippen LogP contribution < -0.4 is 16.0 Å². The van der Waals surface area contributed by atoms with Gasteiger partial charge >= 0.3 is 0 Å². The largest absolute Gasteiger partial charge is 0.379 e. The van der Waals surface area contributed by atoms with Gasteiger partial charge in [0.15, 0.2) is 5.78 Å². The Labute approximate surface area is 250 Å². The summed E-state index contributed by atoms with van der Waals surface area (Å²) in [6.07, 6.45) is 9.66. The summed E-state index contributed by atoms with van der Waals surface area (Å²) in [5.74, 6) is -0.464. The molecule has 5 rings (SSSR count). The summed E-state index contributed by atoms with van der Waals surface area (Å²) < 4.78 is 5.47. The van der Waals surface area contributed by atoms with E-state index in [2.05, 4.69) is 40.4 Å². The fraction of sp³-hybridized carbons (Fsp3) is 0.500. The highest BCUT2D eigenvalue weighted by Gasteiger charge is 2.27. The smallest absolute Gasteiger partial charge is 0.251 e. The van der Waals surface area contributed by atoms with Gasteiger partial charge in [-0.15, -0.1) is 0 Å². The van der Waals surface area contributed by atoms with Crippen molar-refractivity contribution in [1.82, 2.24) is 15.2 Å². The number of nitrogens with one attached hydrogen (secondary N) is 1. The van der Waals surface area contributed by atoms with Crippen LogP contribution in [0.4, 0.5) is 5.69 Å². The van der Waals surface area contributed by atoms with E-state index >= 15 is 0 Å². The molecule has 2 heterocycles. The molecule has 1 unspecified atom stereocenters. The number of carbonyl (C=O) groups is 2. The third-order valence-corrected chi connectivity index (χ3v) is 9.13. The number of hydrogen-bond acceptors (Lipinski definition) is 7. The van der Waals surface area contributed by atoms with E-state index in [1.165, 1.54) is 0 Å². The van der Waals surface area contributed by atoms with Gasteiger partial charge < -0.3 is 20.7 Å². The summed E-state index contributed by atoms with van der Waals surface area (Å²) in [7, 11) is 2.13. The number of amides is 1. The van der Waals surface area contributed by atoms with Crippen molar-refractivity contribution in [3.8, 4) is 11.1 Å². The second-order valence-corrected chi connectivity index (χ2v) is 12.2. The third-order valence-electron chi connectivity index (χ3n) is 9.13. The van der Waals surface area contributed by atoms with E-state index in [-0.39, 0.29) is 30.2 Å². The summed E-state index contributed by atoms with van der Waals surface area (Å²) in [6.45, 7) is 10.3. The first-order valence-electron chi connectivity index (χ1n) is 15.3. The van der Waals surface area contributed by atoms with E-state index < -0.39 is 0 Å². The number of hydrogen-bond donors (Lipinski definition) is 2. The Hall–Kier alpha value is -3.33. The van der Waals surface area contributed by atoms with Crippen LogP contribution in [0.25, 0.3) is 11.1 Å². The number of morpholine rings is 1. The molecule has 224 valence electrons. The average Bonchev–Trinajstić information content (AvgIpc) is 2.97. The van der Waals surface area contributed by atoms with Crippen LogP contribution in [-0.2, 0) is 16.1 Å². The molecule has 8 heteroatoms. The number of carbonyl (C=O) groups excluding carboxylic acids is 2. The van der Waals surface area contributed by atoms with Gasteiger partial charge in [-0.1, -0.05) is 17.7 Å². The SMILES string of the molecule is CC1=CC(=O)C(CNC(=O)c2cc(-c3ccc(CN4CCOCC4)nc3)cc(N(C)C3CCC(N)CC3)c2C)C(C)=C1. The number of benzene rings is 1. The van der Waals surface area contributed by atoms with E-state index in [4.69, 9.17) is 15.5 Å². The van der Waals surface area contributed by atoms with Gasteiger partial charge in [0.2, 0.25) is 0 Å². The lowest BCUT2D eigenvalue weighted by Crippen LogP contribution is -2.39. The van der Waals surface area contributed by atoms with Crippen molar-refractivity contribution in [2.75, 3.05) is 44.8 Å². The molecule has 1 aromatic carbocycles. The van der Waals surface area contributed by atoms with Crippen LogP contribution >= 0.6 is 0 Å². The van der Waals surface area contributed by atoms with Gasteiger partial charge in [-0.25, -0.2) is 0 Å². The molecular weight excluding hydrogens is 526 g/mol. The Bertz CT molecular complexity index is 1350. The second kappa shape index (κ2) is 13.3. The normalized spacial score (nSPS) is 23.3. The van der Waals surface area contributed by atoms with Crippen molar-refractivity contribution >= 4 is 17.4 Å². The van der Waals surface area contributed by atoms with E-state index in [0.29, 0.717) is 11.6 Å². The maximum absolute atomic E-state index is 13.7. The monoisotopic (exact) mass is 571 g/mol. The van der Waals surface area contributed by atoms with Gasteiger partial charge in [0.25, 0.3) is 5.91 Å². The minimum Gasteiger partial charge on any atom is -0.379 e. The minimum absolute atomic E-state index is 0.0393. The van der Waals surface area contributed by atoms with Gasteiger partial charge in [-0.05, 0) is 87.4 Å². The highest BCUT2D eigenvalue weighted by molar-refractivity contribution is 6.00. The van der Waals surface area contributed by atoms with Crippen molar-refractivity contribution < 1.29 is 14.3 Å². The van der Waals surface area contributed by atoms with Crippen molar-refractivity contribution in [2.45, 2.75) is 65.1 Å². The van der Waals surface area contributed by atoms with Crippen molar-refractivity contribution in [3.05, 3.63) is 70.6 Å². The number of nitrogens with zero attached hydrogens (tertiary/aromatic N) is 3. The molecule has 1 saturated heterocycles. The van der Waals surface area contributed by atoms with E-state index in [0.717, 1.165) is 97.7 Å². The molecule has 2 aromatic rings. The van der Waals surface area contributed by atoms with E-state index in [1.807, 2.05) is 39.1 Å². The number of anilines is 1. The first kappa shape index (κ1) is 30.1. The number of nitrogens with two attached hydrogens (primary N) is 1. The molecule has 0 radical (unpaired) electrons. The van der Waals surface area contributed by atoms with Crippen LogP contribution in [0.3, 0.4) is 0 Å². The lowest BCUT2D eigenvalue weighted by atomic mass is 9.88. The molecule has 3 N–H and O–H groups in total. The molecule has 42 heavy (non-hydrogen) atoms. The molecule has 3 aliphatic rings. The predicted octanol–water partition coefficient (Wildman–Crippen LogP) is 4.42. The number of rotatable bonds is 8. The molecule has 1 atom stereocenters. The van der Waals surface area contributed by atoms with Crippen molar-refractivity contribution in [2.24, 2.45) is 11.7 Å². The van der Waals surface area contributed by atoms with Gasteiger partial charge in [-0.2, -0.15) is 0 Å². The van der Waals surface area contributed by atoms with E-state index in [1.54, 1.807) is 6.08 Å². The second-order valence-electron chi connectivity index (χ2n) is 12.2. The maximum Gasteiger partial charge on any atom is 0.251 e. The molecule has 2 fully saturated rings. The van der Waals surface area contributed by atoms with Gasteiger partial charge in [-0.3, -0.25) is 19.5 Å². The van der Waals surface area contributed by atoms with Crippen LogP contribution in [0.1, 0.15) is 61.1 Å². The fourth-order valence-corrected chi connectivity index (χ4v) is 6.43. The first-order chi connectivity index (χ1) is 20.2. The highest BCUT2D eigenvalue weighted by Crippen LogP contribution is 2.34. The van der Waals surface area contributed by atoms with Crippen LogP contribution in [0.15, 0.2) is 53.8 Å². The maximum atomic E-state index is 13.7. The number of ether oxygens (including phenoxy) is 1. The Morgan fingerprint density at radius 3 is 2.48 bits per heavy atom. The van der Waals surface area contributed by atoms with Crippen LogP contribution in [0.5, 0.6) is 0 Å². The predicted molar refractivity (Wildman–Crippen MR) is 167 cm³/mol. The minimum atomic E-state index is -0.335. The quantitative estimate of drug-likeness (QED) is 0.484. The topological polar surface area (TPSA) is 101 Å².